The molecule has 0 radical (unpaired) electrons. The first-order valence-electron chi connectivity index (χ1n) is 11.6. The molecule has 28 heavy (non-hydrogen) atoms. The third-order valence-corrected chi connectivity index (χ3v) is 4.87. The lowest BCUT2D eigenvalue weighted by Crippen LogP contribution is -2.28. The van der Waals surface area contributed by atoms with Crippen LogP contribution in [0.5, 0.6) is 0 Å². The van der Waals surface area contributed by atoms with Crippen molar-refractivity contribution in [1.82, 2.24) is 0 Å². The second kappa shape index (κ2) is 20.6. The quantitative estimate of drug-likeness (QED) is 0.209. The Hall–Kier alpha value is -1.10. The first kappa shape index (κ1) is 26.9. The van der Waals surface area contributed by atoms with Gasteiger partial charge in [0.25, 0.3) is 0 Å². The summed E-state index contributed by atoms with van der Waals surface area (Å²) in [7, 11) is 0. The molecule has 0 bridgehead atoms. The topological polar surface area (TPSA) is 72.8 Å². The summed E-state index contributed by atoms with van der Waals surface area (Å²) in [6.07, 6.45) is 17.1. The summed E-state index contributed by atoms with van der Waals surface area (Å²) in [5, 5.41) is 9.23. The van der Waals surface area contributed by atoms with E-state index in [1.54, 1.807) is 0 Å². The summed E-state index contributed by atoms with van der Waals surface area (Å²) in [6, 6.07) is 0. The molecule has 0 saturated heterocycles. The number of aliphatic hydroxyl groups is 1. The van der Waals surface area contributed by atoms with E-state index in [4.69, 9.17) is 9.47 Å². The maximum atomic E-state index is 11.8. The molecule has 0 unspecified atom stereocenters. The van der Waals surface area contributed by atoms with Gasteiger partial charge in [-0.1, -0.05) is 90.9 Å². The Balaban J connectivity index is 3.47. The van der Waals surface area contributed by atoms with E-state index in [0.717, 1.165) is 19.3 Å². The largest absolute Gasteiger partial charge is 0.462 e. The molecule has 0 aromatic rings. The summed E-state index contributed by atoms with van der Waals surface area (Å²) in [4.78, 5) is 23.1. The predicted molar refractivity (Wildman–Crippen MR) is 113 cm³/mol. The molecule has 0 rings (SSSR count). The number of esters is 2. The van der Waals surface area contributed by atoms with Crippen LogP contribution >= 0.6 is 0 Å². The SMILES string of the molecule is CCCCCCCCCCCCCCCC(=O)O[C@@H](CO)COC(=O)CCC. The first-order valence-corrected chi connectivity index (χ1v) is 11.6. The van der Waals surface area contributed by atoms with E-state index < -0.39 is 6.10 Å². The van der Waals surface area contributed by atoms with Crippen molar-refractivity contribution in [2.24, 2.45) is 0 Å². The molecule has 0 aliphatic rings. The number of unbranched alkanes of at least 4 members (excludes halogenated alkanes) is 12. The van der Waals surface area contributed by atoms with Crippen molar-refractivity contribution >= 4 is 11.9 Å². The van der Waals surface area contributed by atoms with Crippen LogP contribution in [-0.4, -0.2) is 36.4 Å². The molecule has 0 spiro atoms. The lowest BCUT2D eigenvalue weighted by atomic mass is 10.0. The van der Waals surface area contributed by atoms with Crippen molar-refractivity contribution in [1.29, 1.82) is 0 Å². The van der Waals surface area contributed by atoms with Gasteiger partial charge in [0.05, 0.1) is 6.61 Å². The maximum absolute atomic E-state index is 11.8. The Morgan fingerprint density at radius 3 is 1.64 bits per heavy atom. The molecule has 5 nitrogen and oxygen atoms in total. The molecule has 0 heterocycles. The fraction of sp³-hybridized carbons (Fsp3) is 0.913. The number of hydrogen-bond acceptors (Lipinski definition) is 5. The van der Waals surface area contributed by atoms with Crippen LogP contribution in [0.3, 0.4) is 0 Å². The molecule has 0 aliphatic carbocycles. The van der Waals surface area contributed by atoms with Crippen LogP contribution in [0.4, 0.5) is 0 Å². The zero-order chi connectivity index (χ0) is 20.9. The van der Waals surface area contributed by atoms with E-state index in [2.05, 4.69) is 6.92 Å². The minimum Gasteiger partial charge on any atom is -0.462 e. The molecule has 0 aliphatic heterocycles. The monoisotopic (exact) mass is 400 g/mol. The van der Waals surface area contributed by atoms with Gasteiger partial charge in [0.2, 0.25) is 0 Å². The number of rotatable bonds is 20. The predicted octanol–water partition coefficient (Wildman–Crippen LogP) is 5.72. The number of ether oxygens (including phenoxy) is 2. The molecule has 0 saturated carbocycles. The van der Waals surface area contributed by atoms with Gasteiger partial charge in [-0.15, -0.1) is 0 Å². The standard InChI is InChI=1S/C23H44O5/c1-3-5-6-7-8-9-10-11-12-13-14-15-16-18-23(26)28-21(19-24)20-27-22(25)17-4-2/h21,24H,3-20H2,1-2H3/t21-/m0/s1. The Morgan fingerprint density at radius 2 is 1.18 bits per heavy atom. The number of hydrogen-bond donors (Lipinski definition) is 1. The third kappa shape index (κ3) is 18.3. The highest BCUT2D eigenvalue weighted by atomic mass is 16.6. The van der Waals surface area contributed by atoms with Gasteiger partial charge >= 0.3 is 11.9 Å². The van der Waals surface area contributed by atoms with Gasteiger partial charge in [-0.2, -0.15) is 0 Å². The van der Waals surface area contributed by atoms with Gasteiger partial charge in [0.1, 0.15) is 6.61 Å². The smallest absolute Gasteiger partial charge is 0.306 e. The summed E-state index contributed by atoms with van der Waals surface area (Å²) in [5.74, 6) is -0.651. The highest BCUT2D eigenvalue weighted by molar-refractivity contribution is 5.70. The van der Waals surface area contributed by atoms with Crippen molar-refractivity contribution in [3.8, 4) is 0 Å². The summed E-state index contributed by atoms with van der Waals surface area (Å²) < 4.78 is 10.2. The minimum atomic E-state index is -0.754. The maximum Gasteiger partial charge on any atom is 0.306 e. The van der Waals surface area contributed by atoms with E-state index in [1.165, 1.54) is 64.2 Å². The average molecular weight is 401 g/mol. The fourth-order valence-corrected chi connectivity index (χ4v) is 3.12. The lowest BCUT2D eigenvalue weighted by Gasteiger charge is -2.15. The number of aliphatic hydroxyl groups excluding tert-OH is 1. The van der Waals surface area contributed by atoms with Crippen LogP contribution in [0.2, 0.25) is 0 Å². The van der Waals surface area contributed by atoms with Gasteiger partial charge in [0.15, 0.2) is 6.10 Å². The van der Waals surface area contributed by atoms with Crippen LogP contribution < -0.4 is 0 Å². The molecule has 0 aromatic heterocycles. The third-order valence-electron chi connectivity index (χ3n) is 4.87. The van der Waals surface area contributed by atoms with Gasteiger partial charge in [-0.05, 0) is 12.8 Å². The zero-order valence-electron chi connectivity index (χ0n) is 18.4. The van der Waals surface area contributed by atoms with Crippen LogP contribution in [0, 0.1) is 0 Å². The average Bonchev–Trinajstić information content (AvgIpc) is 2.68. The second-order valence-electron chi connectivity index (χ2n) is 7.72. The van der Waals surface area contributed by atoms with Gasteiger partial charge in [-0.3, -0.25) is 9.59 Å². The summed E-state index contributed by atoms with van der Waals surface area (Å²) in [6.45, 7) is 3.74. The van der Waals surface area contributed by atoms with E-state index >= 15 is 0 Å². The lowest BCUT2D eigenvalue weighted by molar-refractivity contribution is -0.161. The van der Waals surface area contributed by atoms with Gasteiger partial charge < -0.3 is 14.6 Å². The first-order chi connectivity index (χ1) is 13.6. The number of carbonyl (C=O) groups is 2. The summed E-state index contributed by atoms with van der Waals surface area (Å²) in [5.41, 5.74) is 0. The van der Waals surface area contributed by atoms with E-state index in [1.807, 2.05) is 6.92 Å². The Bertz CT molecular complexity index is 370. The molecule has 0 aromatic carbocycles. The molecule has 1 N–H and O–H groups in total. The molecular weight excluding hydrogens is 356 g/mol. The highest BCUT2D eigenvalue weighted by Crippen LogP contribution is 2.13. The minimum absolute atomic E-state index is 0.0698. The fourth-order valence-electron chi connectivity index (χ4n) is 3.12. The van der Waals surface area contributed by atoms with Crippen molar-refractivity contribution in [2.45, 2.75) is 123 Å². The van der Waals surface area contributed by atoms with Crippen molar-refractivity contribution in [3.05, 3.63) is 0 Å². The van der Waals surface area contributed by atoms with E-state index in [0.29, 0.717) is 19.3 Å². The van der Waals surface area contributed by atoms with Crippen LogP contribution in [0.25, 0.3) is 0 Å². The molecule has 0 fully saturated rings. The van der Waals surface area contributed by atoms with Crippen LogP contribution in [0.15, 0.2) is 0 Å². The summed E-state index contributed by atoms with van der Waals surface area (Å²) >= 11 is 0. The Labute approximate surface area is 172 Å². The Kier molecular flexibility index (Phi) is 19.8. The van der Waals surface area contributed by atoms with Crippen molar-refractivity contribution in [3.63, 3.8) is 0 Å². The molecule has 166 valence electrons. The van der Waals surface area contributed by atoms with E-state index in [-0.39, 0.29) is 25.2 Å². The van der Waals surface area contributed by atoms with Gasteiger partial charge in [-0.25, -0.2) is 0 Å². The Morgan fingerprint density at radius 1 is 0.679 bits per heavy atom. The second-order valence-corrected chi connectivity index (χ2v) is 7.72. The molecule has 1 atom stereocenters. The number of carbonyl (C=O) groups excluding carboxylic acids is 2. The van der Waals surface area contributed by atoms with E-state index in [9.17, 15) is 14.7 Å². The van der Waals surface area contributed by atoms with Gasteiger partial charge in [0, 0.05) is 12.8 Å². The van der Waals surface area contributed by atoms with Crippen LogP contribution in [-0.2, 0) is 19.1 Å². The highest BCUT2D eigenvalue weighted by Gasteiger charge is 2.15. The molecule has 0 amide bonds. The van der Waals surface area contributed by atoms with Crippen LogP contribution in [0.1, 0.15) is 117 Å². The molecular formula is C23H44O5. The van der Waals surface area contributed by atoms with Crippen molar-refractivity contribution in [2.75, 3.05) is 13.2 Å². The zero-order valence-corrected chi connectivity index (χ0v) is 18.4. The molecule has 5 heteroatoms. The normalized spacial score (nSPS) is 12.0. The van der Waals surface area contributed by atoms with Crippen molar-refractivity contribution < 1.29 is 24.2 Å².